The van der Waals surface area contributed by atoms with Gasteiger partial charge in [-0.05, 0) is 31.1 Å². The lowest BCUT2D eigenvalue weighted by Gasteiger charge is -2.29. The SMILES string of the molecule is CC(=O)CC1C2C=CC(C2)C1C(F)(F)F. The van der Waals surface area contributed by atoms with Gasteiger partial charge in [-0.2, -0.15) is 13.2 Å². The summed E-state index contributed by atoms with van der Waals surface area (Å²) in [6, 6.07) is 0. The van der Waals surface area contributed by atoms with Crippen LogP contribution in [-0.2, 0) is 4.79 Å². The van der Waals surface area contributed by atoms with Gasteiger partial charge in [0.2, 0.25) is 0 Å². The molecule has 4 atom stereocenters. The first-order valence-electron chi connectivity index (χ1n) is 5.14. The van der Waals surface area contributed by atoms with E-state index in [1.54, 1.807) is 6.08 Å². The topological polar surface area (TPSA) is 17.1 Å². The average Bonchev–Trinajstić information content (AvgIpc) is 2.59. The molecule has 0 spiro atoms. The van der Waals surface area contributed by atoms with Gasteiger partial charge in [-0.25, -0.2) is 0 Å². The van der Waals surface area contributed by atoms with Crippen LogP contribution in [0.4, 0.5) is 13.2 Å². The molecule has 0 aromatic heterocycles. The number of carbonyl (C=O) groups excluding carboxylic acids is 1. The highest BCUT2D eigenvalue weighted by atomic mass is 19.4. The highest BCUT2D eigenvalue weighted by Gasteiger charge is 2.56. The largest absolute Gasteiger partial charge is 0.392 e. The molecule has 84 valence electrons. The minimum absolute atomic E-state index is 0.0366. The second kappa shape index (κ2) is 3.35. The zero-order chi connectivity index (χ0) is 11.2. The summed E-state index contributed by atoms with van der Waals surface area (Å²) >= 11 is 0. The smallest absolute Gasteiger partial charge is 0.300 e. The minimum atomic E-state index is -4.16. The van der Waals surface area contributed by atoms with Gasteiger partial charge in [-0.1, -0.05) is 12.2 Å². The summed E-state index contributed by atoms with van der Waals surface area (Å²) in [6.07, 6.45) is -0.0118. The molecule has 15 heavy (non-hydrogen) atoms. The van der Waals surface area contributed by atoms with Gasteiger partial charge in [-0.15, -0.1) is 0 Å². The predicted molar refractivity (Wildman–Crippen MR) is 49.1 cm³/mol. The Labute approximate surface area is 86.3 Å². The first kappa shape index (κ1) is 10.7. The molecule has 0 N–H and O–H groups in total. The van der Waals surface area contributed by atoms with Crippen molar-refractivity contribution >= 4 is 5.78 Å². The van der Waals surface area contributed by atoms with Crippen LogP contribution in [0, 0.1) is 23.7 Å². The van der Waals surface area contributed by atoms with Crippen molar-refractivity contribution in [1.29, 1.82) is 0 Å². The van der Waals surface area contributed by atoms with Crippen LogP contribution in [0.1, 0.15) is 19.8 Å². The van der Waals surface area contributed by atoms with Crippen molar-refractivity contribution in [3.63, 3.8) is 0 Å². The molecular weight excluding hydrogens is 205 g/mol. The second-order valence-electron chi connectivity index (χ2n) is 4.59. The Balaban J connectivity index is 2.21. The third-order valence-electron chi connectivity index (χ3n) is 3.52. The number of alkyl halides is 3. The van der Waals surface area contributed by atoms with Crippen LogP contribution in [0.3, 0.4) is 0 Å². The molecule has 1 saturated carbocycles. The number of hydrogen-bond donors (Lipinski definition) is 0. The average molecular weight is 218 g/mol. The van der Waals surface area contributed by atoms with Gasteiger partial charge >= 0.3 is 6.18 Å². The van der Waals surface area contributed by atoms with E-state index in [2.05, 4.69) is 0 Å². The molecule has 2 aliphatic carbocycles. The Morgan fingerprint density at radius 2 is 1.93 bits per heavy atom. The van der Waals surface area contributed by atoms with Gasteiger partial charge in [0, 0.05) is 6.42 Å². The molecule has 2 bridgehead atoms. The minimum Gasteiger partial charge on any atom is -0.300 e. The highest BCUT2D eigenvalue weighted by molar-refractivity contribution is 5.76. The van der Waals surface area contributed by atoms with Crippen molar-refractivity contribution in [3.05, 3.63) is 12.2 Å². The van der Waals surface area contributed by atoms with Crippen molar-refractivity contribution in [2.75, 3.05) is 0 Å². The molecular formula is C11H13F3O. The van der Waals surface area contributed by atoms with Crippen LogP contribution in [0.5, 0.6) is 0 Å². The molecule has 0 radical (unpaired) electrons. The van der Waals surface area contributed by atoms with Crippen LogP contribution < -0.4 is 0 Å². The van der Waals surface area contributed by atoms with E-state index >= 15 is 0 Å². The molecule has 0 aromatic carbocycles. The van der Waals surface area contributed by atoms with Crippen LogP contribution in [0.15, 0.2) is 12.2 Å². The second-order valence-corrected chi connectivity index (χ2v) is 4.59. The molecule has 2 aliphatic rings. The molecule has 0 heterocycles. The van der Waals surface area contributed by atoms with E-state index in [4.69, 9.17) is 0 Å². The van der Waals surface area contributed by atoms with Crippen molar-refractivity contribution in [3.8, 4) is 0 Å². The van der Waals surface area contributed by atoms with Gasteiger partial charge in [0.1, 0.15) is 5.78 Å². The fourth-order valence-corrected chi connectivity index (χ4v) is 3.02. The maximum absolute atomic E-state index is 12.8. The number of Topliss-reactive ketones (excluding diaryl/α,β-unsaturated/α-hetero) is 1. The predicted octanol–water partition coefficient (Wildman–Crippen LogP) is 2.97. The molecule has 0 aromatic rings. The standard InChI is InChI=1S/C11H13F3O/c1-6(15)4-9-7-2-3-8(5-7)10(9)11(12,13)14/h2-3,7-10H,4-5H2,1H3. The maximum atomic E-state index is 12.8. The summed E-state index contributed by atoms with van der Waals surface area (Å²) in [4.78, 5) is 11.0. The van der Waals surface area contributed by atoms with E-state index in [9.17, 15) is 18.0 Å². The van der Waals surface area contributed by atoms with Gasteiger partial charge in [0.15, 0.2) is 0 Å². The van der Waals surface area contributed by atoms with E-state index in [1.807, 2.05) is 6.08 Å². The number of ketones is 1. The van der Waals surface area contributed by atoms with Gasteiger partial charge < -0.3 is 4.79 Å². The third kappa shape index (κ3) is 1.82. The summed E-state index contributed by atoms with van der Waals surface area (Å²) in [5.74, 6) is -2.38. The molecule has 0 saturated heterocycles. The van der Waals surface area contributed by atoms with Crippen LogP contribution in [-0.4, -0.2) is 12.0 Å². The number of allylic oxidation sites excluding steroid dienone is 2. The third-order valence-corrected chi connectivity index (χ3v) is 3.52. The summed E-state index contributed by atoms with van der Waals surface area (Å²) in [7, 11) is 0. The first-order chi connectivity index (χ1) is 6.89. The highest BCUT2D eigenvalue weighted by Crippen LogP contribution is 2.55. The quantitative estimate of drug-likeness (QED) is 0.651. The van der Waals surface area contributed by atoms with E-state index in [-0.39, 0.29) is 24.0 Å². The van der Waals surface area contributed by atoms with Crippen LogP contribution in [0.25, 0.3) is 0 Å². The first-order valence-corrected chi connectivity index (χ1v) is 5.14. The number of rotatable bonds is 2. The lowest BCUT2D eigenvalue weighted by Crippen LogP contribution is -2.34. The molecule has 1 nitrogen and oxygen atoms in total. The number of fused-ring (bicyclic) bond motifs is 2. The molecule has 4 unspecified atom stereocenters. The molecule has 1 fully saturated rings. The number of halogens is 3. The maximum Gasteiger partial charge on any atom is 0.392 e. The van der Waals surface area contributed by atoms with E-state index in [0.717, 1.165) is 0 Å². The van der Waals surface area contributed by atoms with Crippen LogP contribution in [0.2, 0.25) is 0 Å². The van der Waals surface area contributed by atoms with Crippen molar-refractivity contribution in [2.24, 2.45) is 23.7 Å². The molecule has 0 amide bonds. The van der Waals surface area contributed by atoms with E-state index in [0.29, 0.717) is 6.42 Å². The molecule has 4 heteroatoms. The summed E-state index contributed by atoms with van der Waals surface area (Å²) in [6.45, 7) is 1.36. The Hall–Kier alpha value is -0.800. The summed E-state index contributed by atoms with van der Waals surface area (Å²) in [5, 5.41) is 0. The zero-order valence-electron chi connectivity index (χ0n) is 8.42. The summed E-state index contributed by atoms with van der Waals surface area (Å²) in [5.41, 5.74) is 0. The monoisotopic (exact) mass is 218 g/mol. The fourth-order valence-electron chi connectivity index (χ4n) is 3.02. The lowest BCUT2D eigenvalue weighted by atomic mass is 9.80. The van der Waals surface area contributed by atoms with Crippen molar-refractivity contribution < 1.29 is 18.0 Å². The Kier molecular flexibility index (Phi) is 2.40. The lowest BCUT2D eigenvalue weighted by molar-refractivity contribution is -0.193. The Bertz CT molecular complexity index is 305. The Morgan fingerprint density at radius 3 is 2.47 bits per heavy atom. The van der Waals surface area contributed by atoms with Gasteiger partial charge in [0.25, 0.3) is 0 Å². The van der Waals surface area contributed by atoms with Gasteiger partial charge in [-0.3, -0.25) is 0 Å². The number of carbonyl (C=O) groups is 1. The number of hydrogen-bond acceptors (Lipinski definition) is 1. The van der Waals surface area contributed by atoms with Crippen LogP contribution >= 0.6 is 0 Å². The van der Waals surface area contributed by atoms with E-state index < -0.39 is 18.0 Å². The molecule has 0 aliphatic heterocycles. The van der Waals surface area contributed by atoms with Gasteiger partial charge in [0.05, 0.1) is 5.92 Å². The normalized spacial score (nSPS) is 38.7. The summed E-state index contributed by atoms with van der Waals surface area (Å²) < 4.78 is 38.3. The fraction of sp³-hybridized carbons (Fsp3) is 0.727. The zero-order valence-corrected chi connectivity index (χ0v) is 8.42. The van der Waals surface area contributed by atoms with E-state index in [1.165, 1.54) is 6.92 Å². The molecule has 2 rings (SSSR count). The van der Waals surface area contributed by atoms with Crippen molar-refractivity contribution in [1.82, 2.24) is 0 Å². The van der Waals surface area contributed by atoms with Crippen molar-refractivity contribution in [2.45, 2.75) is 25.9 Å². The Morgan fingerprint density at radius 1 is 1.33 bits per heavy atom.